The molecule has 0 radical (unpaired) electrons. The molecule has 0 spiro atoms. The Morgan fingerprint density at radius 3 is 2.63 bits per heavy atom. The first-order valence-electron chi connectivity index (χ1n) is 6.09. The molecule has 3 rings (SSSR count). The van der Waals surface area contributed by atoms with Crippen molar-refractivity contribution < 1.29 is 14.6 Å². The third-order valence-corrected chi connectivity index (χ3v) is 3.15. The lowest BCUT2D eigenvalue weighted by Crippen LogP contribution is -1.97. The number of rotatable bonds is 2. The Morgan fingerprint density at radius 1 is 1.11 bits per heavy atom. The topological polar surface area (TPSA) is 38.7 Å². The van der Waals surface area contributed by atoms with E-state index in [1.807, 2.05) is 54.6 Å². The van der Waals surface area contributed by atoms with Crippen molar-refractivity contribution in [3.05, 3.63) is 65.4 Å². The van der Waals surface area contributed by atoms with Gasteiger partial charge in [0.25, 0.3) is 0 Å². The summed E-state index contributed by atoms with van der Waals surface area (Å²) in [5.41, 5.74) is 1.68. The minimum absolute atomic E-state index is 0.519. The summed E-state index contributed by atoms with van der Waals surface area (Å²) < 4.78 is 11.0. The molecule has 2 aromatic rings. The Kier molecular flexibility index (Phi) is 2.97. The minimum atomic E-state index is -0.721. The van der Waals surface area contributed by atoms with Crippen LogP contribution in [0.1, 0.15) is 17.2 Å². The Bertz CT molecular complexity index is 631. The van der Waals surface area contributed by atoms with Crippen molar-refractivity contribution in [2.45, 2.75) is 6.10 Å². The Labute approximate surface area is 111 Å². The maximum absolute atomic E-state index is 10.2. The highest BCUT2D eigenvalue weighted by Gasteiger charge is 2.27. The average Bonchev–Trinajstić information content (AvgIpc) is 2.77. The van der Waals surface area contributed by atoms with Gasteiger partial charge in [-0.05, 0) is 18.2 Å². The fourth-order valence-corrected chi connectivity index (χ4v) is 2.18. The molecule has 1 atom stereocenters. The molecule has 1 unspecified atom stereocenters. The molecule has 0 aliphatic carbocycles. The van der Waals surface area contributed by atoms with Crippen molar-refractivity contribution in [1.29, 1.82) is 0 Å². The van der Waals surface area contributed by atoms with E-state index in [4.69, 9.17) is 9.47 Å². The third-order valence-electron chi connectivity index (χ3n) is 3.15. The number of methoxy groups -OCH3 is 1. The van der Waals surface area contributed by atoms with E-state index in [1.54, 1.807) is 7.11 Å². The average molecular weight is 254 g/mol. The summed E-state index contributed by atoms with van der Waals surface area (Å²) >= 11 is 0. The second-order valence-corrected chi connectivity index (χ2v) is 4.33. The number of fused-ring (bicyclic) bond motifs is 1. The molecule has 0 saturated carbocycles. The van der Waals surface area contributed by atoms with Crippen molar-refractivity contribution in [1.82, 2.24) is 0 Å². The summed E-state index contributed by atoms with van der Waals surface area (Å²) in [6.07, 6.45) is 1.09. The highest BCUT2D eigenvalue weighted by Crippen LogP contribution is 2.39. The smallest absolute Gasteiger partial charge is 0.140 e. The predicted octanol–water partition coefficient (Wildman–Crippen LogP) is 3.16. The molecule has 0 amide bonds. The van der Waals surface area contributed by atoms with Crippen LogP contribution in [0.15, 0.2) is 54.3 Å². The van der Waals surface area contributed by atoms with Gasteiger partial charge in [-0.3, -0.25) is 0 Å². The van der Waals surface area contributed by atoms with E-state index in [0.29, 0.717) is 11.5 Å². The van der Waals surface area contributed by atoms with Crippen LogP contribution in [-0.2, 0) is 0 Å². The van der Waals surface area contributed by atoms with Crippen molar-refractivity contribution in [3.63, 3.8) is 0 Å². The number of ether oxygens (including phenoxy) is 2. The van der Waals surface area contributed by atoms with E-state index >= 15 is 0 Å². The lowest BCUT2D eigenvalue weighted by Gasteiger charge is -2.07. The standard InChI is InChI=1S/C16H14O3/c1-18-13-8-4-2-6-11(13)10-15-16(17)12-7-3-5-9-14(12)19-15/h2-10,16-17H,1H3/b15-10-. The number of hydrogen-bond donors (Lipinski definition) is 1. The number of hydrogen-bond acceptors (Lipinski definition) is 3. The van der Waals surface area contributed by atoms with Crippen LogP contribution in [0.4, 0.5) is 0 Å². The van der Waals surface area contributed by atoms with Gasteiger partial charge in [0.2, 0.25) is 0 Å². The maximum Gasteiger partial charge on any atom is 0.140 e. The SMILES string of the molecule is COc1ccccc1/C=C1\Oc2ccccc2C1O. The number of aliphatic hydroxyl groups is 1. The summed E-state index contributed by atoms with van der Waals surface area (Å²) in [7, 11) is 1.62. The number of benzene rings is 2. The van der Waals surface area contributed by atoms with Gasteiger partial charge in [-0.1, -0.05) is 36.4 Å². The van der Waals surface area contributed by atoms with Crippen molar-refractivity contribution in [3.8, 4) is 11.5 Å². The molecule has 3 nitrogen and oxygen atoms in total. The Hall–Kier alpha value is -2.26. The highest BCUT2D eigenvalue weighted by atomic mass is 16.5. The predicted molar refractivity (Wildman–Crippen MR) is 73.0 cm³/mol. The number of para-hydroxylation sites is 2. The van der Waals surface area contributed by atoms with Crippen LogP contribution in [0.3, 0.4) is 0 Å². The van der Waals surface area contributed by atoms with E-state index in [-0.39, 0.29) is 0 Å². The second-order valence-electron chi connectivity index (χ2n) is 4.33. The quantitative estimate of drug-likeness (QED) is 0.894. The van der Waals surface area contributed by atoms with Gasteiger partial charge in [-0.25, -0.2) is 0 Å². The first kappa shape index (κ1) is 11.8. The molecule has 1 heterocycles. The molecule has 1 N–H and O–H groups in total. The van der Waals surface area contributed by atoms with Crippen LogP contribution in [-0.4, -0.2) is 12.2 Å². The zero-order chi connectivity index (χ0) is 13.2. The van der Waals surface area contributed by atoms with E-state index in [1.165, 1.54) is 0 Å². The van der Waals surface area contributed by atoms with E-state index in [2.05, 4.69) is 0 Å². The Balaban J connectivity index is 1.99. The molecule has 0 saturated heterocycles. The minimum Gasteiger partial charge on any atom is -0.496 e. The van der Waals surface area contributed by atoms with Crippen LogP contribution >= 0.6 is 0 Å². The molecule has 19 heavy (non-hydrogen) atoms. The molecular formula is C16H14O3. The summed E-state index contributed by atoms with van der Waals surface area (Å²) in [6, 6.07) is 15.1. The zero-order valence-corrected chi connectivity index (χ0v) is 10.5. The van der Waals surface area contributed by atoms with Crippen LogP contribution in [0.2, 0.25) is 0 Å². The van der Waals surface area contributed by atoms with Gasteiger partial charge in [-0.2, -0.15) is 0 Å². The van der Waals surface area contributed by atoms with Crippen molar-refractivity contribution in [2.24, 2.45) is 0 Å². The van der Waals surface area contributed by atoms with Gasteiger partial charge in [0.1, 0.15) is 23.4 Å². The lowest BCUT2D eigenvalue weighted by molar-refractivity contribution is 0.193. The summed E-state index contributed by atoms with van der Waals surface area (Å²) in [5.74, 6) is 1.98. The largest absolute Gasteiger partial charge is 0.496 e. The van der Waals surface area contributed by atoms with Crippen LogP contribution in [0.5, 0.6) is 11.5 Å². The molecule has 3 heteroatoms. The fourth-order valence-electron chi connectivity index (χ4n) is 2.18. The van der Waals surface area contributed by atoms with Gasteiger partial charge >= 0.3 is 0 Å². The molecular weight excluding hydrogens is 240 g/mol. The molecule has 0 bridgehead atoms. The van der Waals surface area contributed by atoms with Gasteiger partial charge in [0, 0.05) is 11.1 Å². The van der Waals surface area contributed by atoms with E-state index in [0.717, 1.165) is 16.9 Å². The monoisotopic (exact) mass is 254 g/mol. The van der Waals surface area contributed by atoms with Crippen LogP contribution in [0, 0.1) is 0 Å². The maximum atomic E-state index is 10.2. The summed E-state index contributed by atoms with van der Waals surface area (Å²) in [5, 5.41) is 10.2. The summed E-state index contributed by atoms with van der Waals surface area (Å²) in [4.78, 5) is 0. The van der Waals surface area contributed by atoms with E-state index in [9.17, 15) is 5.11 Å². The van der Waals surface area contributed by atoms with Crippen molar-refractivity contribution in [2.75, 3.05) is 7.11 Å². The molecule has 96 valence electrons. The van der Waals surface area contributed by atoms with Crippen LogP contribution in [0.25, 0.3) is 6.08 Å². The first-order chi connectivity index (χ1) is 9.29. The molecule has 0 fully saturated rings. The van der Waals surface area contributed by atoms with Gasteiger partial charge < -0.3 is 14.6 Å². The van der Waals surface area contributed by atoms with E-state index < -0.39 is 6.10 Å². The number of aliphatic hydroxyl groups excluding tert-OH is 1. The normalized spacial score (nSPS) is 19.1. The molecule has 0 aromatic heterocycles. The fraction of sp³-hybridized carbons (Fsp3) is 0.125. The highest BCUT2D eigenvalue weighted by molar-refractivity contribution is 5.62. The molecule has 1 aliphatic heterocycles. The molecule has 2 aromatic carbocycles. The summed E-state index contributed by atoms with van der Waals surface area (Å²) in [6.45, 7) is 0. The lowest BCUT2D eigenvalue weighted by atomic mass is 10.1. The first-order valence-corrected chi connectivity index (χ1v) is 6.09. The van der Waals surface area contributed by atoms with Gasteiger partial charge in [0.05, 0.1) is 7.11 Å². The Morgan fingerprint density at radius 2 is 1.84 bits per heavy atom. The molecule has 1 aliphatic rings. The van der Waals surface area contributed by atoms with Crippen molar-refractivity contribution >= 4 is 6.08 Å². The van der Waals surface area contributed by atoms with Crippen LogP contribution < -0.4 is 9.47 Å². The van der Waals surface area contributed by atoms with Gasteiger partial charge in [-0.15, -0.1) is 0 Å². The third kappa shape index (κ3) is 2.09. The zero-order valence-electron chi connectivity index (χ0n) is 10.5. The second kappa shape index (κ2) is 4.78. The van der Waals surface area contributed by atoms with Gasteiger partial charge in [0.15, 0.2) is 0 Å².